The minimum atomic E-state index is 0. The molecule has 0 spiro atoms. The molecule has 0 aliphatic carbocycles. The molecule has 0 atom stereocenters. The summed E-state index contributed by atoms with van der Waals surface area (Å²) in [6.45, 7) is 9.21. The number of aromatic nitrogens is 4. The molecule has 2 aliphatic rings. The molecule has 75 heavy (non-hydrogen) atoms. The second-order valence-electron chi connectivity index (χ2n) is 20.8. The van der Waals surface area contributed by atoms with Gasteiger partial charge in [-0.15, -0.1) is 22.1 Å². The van der Waals surface area contributed by atoms with Crippen LogP contribution in [0, 0.1) is 0 Å². The van der Waals surface area contributed by atoms with Crippen molar-refractivity contribution in [2.75, 3.05) is 0 Å². The zero-order valence-electron chi connectivity index (χ0n) is 41.9. The Kier molecular flexibility index (Phi) is 10.4. The van der Waals surface area contributed by atoms with Crippen LogP contribution in [0.3, 0.4) is 0 Å². The van der Waals surface area contributed by atoms with E-state index < -0.39 is 0 Å². The summed E-state index contributed by atoms with van der Waals surface area (Å²) in [5, 5.41) is 13.7. The third-order valence-corrected chi connectivity index (χ3v) is 15.7. The molecule has 13 aromatic rings. The van der Waals surface area contributed by atoms with Gasteiger partial charge in [0.1, 0.15) is 0 Å². The zero-order valence-corrected chi connectivity index (χ0v) is 43.4. The Morgan fingerprint density at radius 2 is 0.547 bits per heavy atom. The van der Waals surface area contributed by atoms with Crippen LogP contribution in [-0.2, 0) is 20.4 Å². The number of rotatable bonds is 4. The van der Waals surface area contributed by atoms with Crippen LogP contribution < -0.4 is 9.97 Å². The normalized spacial score (nSPS) is 12.1. The summed E-state index contributed by atoms with van der Waals surface area (Å²) in [7, 11) is 0. The molecule has 0 saturated carbocycles. The minimum absolute atomic E-state index is 0. The second-order valence-corrected chi connectivity index (χ2v) is 20.8. The van der Waals surface area contributed by atoms with E-state index in [4.69, 9.17) is 19.9 Å². The summed E-state index contributed by atoms with van der Waals surface area (Å²) < 4.78 is 0. The molecule has 8 bridgehead atoms. The largest absolute Gasteiger partial charge is 2.00 e. The van der Waals surface area contributed by atoms with Crippen LogP contribution in [0.2, 0.25) is 0 Å². The second kappa shape index (κ2) is 17.3. The van der Waals surface area contributed by atoms with Crippen molar-refractivity contribution in [2.24, 2.45) is 0 Å². The van der Waals surface area contributed by atoms with Gasteiger partial charge in [-0.05, 0) is 158 Å². The van der Waals surface area contributed by atoms with Gasteiger partial charge >= 0.3 is 20.4 Å². The average molecular weight is 1050 g/mol. The molecule has 0 N–H and O–H groups in total. The van der Waals surface area contributed by atoms with Crippen LogP contribution in [-0.4, -0.2) is 9.97 Å². The van der Waals surface area contributed by atoms with Crippen molar-refractivity contribution >= 4 is 86.7 Å². The smallest absolute Gasteiger partial charge is 0.656 e. The van der Waals surface area contributed by atoms with Crippen molar-refractivity contribution in [1.82, 2.24) is 19.9 Å². The molecule has 3 aromatic heterocycles. The molecule has 5 heteroatoms. The van der Waals surface area contributed by atoms with E-state index in [1.54, 1.807) is 0 Å². The van der Waals surface area contributed by atoms with Gasteiger partial charge in [-0.3, -0.25) is 0 Å². The van der Waals surface area contributed by atoms with Gasteiger partial charge in [-0.1, -0.05) is 185 Å². The van der Waals surface area contributed by atoms with Crippen LogP contribution in [0.15, 0.2) is 206 Å². The number of fused-ring (bicyclic) bond motifs is 24. The van der Waals surface area contributed by atoms with E-state index in [1.165, 1.54) is 21.5 Å². The Morgan fingerprint density at radius 3 is 0.840 bits per heavy atom. The molecule has 0 amide bonds. The fraction of sp³-hybridized carbons (Fsp3) is 0.0857. The first-order valence-electron chi connectivity index (χ1n) is 25.9. The van der Waals surface area contributed by atoms with E-state index in [1.807, 2.05) is 0 Å². The number of benzene rings is 10. The van der Waals surface area contributed by atoms with Crippen molar-refractivity contribution in [2.45, 2.75) is 39.5 Å². The van der Waals surface area contributed by atoms with Crippen molar-refractivity contribution < 1.29 is 20.4 Å². The molecule has 2 aliphatic heterocycles. The van der Waals surface area contributed by atoms with Gasteiger partial charge in [0.05, 0.1) is 22.8 Å². The molecule has 0 unspecified atom stereocenters. The average Bonchev–Trinajstić information content (AvgIpc) is 4.18. The van der Waals surface area contributed by atoms with Crippen molar-refractivity contribution in [1.29, 1.82) is 0 Å². The summed E-state index contributed by atoms with van der Waals surface area (Å²) in [5.41, 5.74) is 18.1. The molecule has 0 saturated heterocycles. The minimum Gasteiger partial charge on any atom is -0.656 e. The van der Waals surface area contributed by atoms with E-state index in [-0.39, 0.29) is 32.3 Å². The van der Waals surface area contributed by atoms with E-state index in [9.17, 15) is 0 Å². The Morgan fingerprint density at radius 1 is 0.293 bits per heavy atom. The first kappa shape index (κ1) is 45.2. The first-order valence-corrected chi connectivity index (χ1v) is 25.9. The molecular weight excluding hydrogens is 1000 g/mol. The third kappa shape index (κ3) is 6.92. The Bertz CT molecular complexity index is 4410. The van der Waals surface area contributed by atoms with Crippen molar-refractivity contribution in [3.05, 3.63) is 217 Å². The Labute approximate surface area is 448 Å². The van der Waals surface area contributed by atoms with Crippen LogP contribution in [0.1, 0.15) is 50.7 Å². The van der Waals surface area contributed by atoms with Crippen LogP contribution in [0.25, 0.3) is 154 Å². The Hall–Kier alpha value is -8.46. The maximum Gasteiger partial charge on any atom is 2.00 e. The van der Waals surface area contributed by atoms with Gasteiger partial charge in [0.15, 0.2) is 0 Å². The molecule has 15 rings (SSSR count). The molecule has 0 radical (unpaired) electrons. The molecule has 4 nitrogen and oxygen atoms in total. The molecule has 10 aromatic carbocycles. The number of hydrogen-bond donors (Lipinski definition) is 0. The predicted molar refractivity (Wildman–Crippen MR) is 312 cm³/mol. The molecular formula is C70H48N4Pd. The standard InChI is InChI=1S/C70H48N4.Pd/c1-39(2)59-63-51-31-43-23-11-15-27-47(43)35-55(51)67(71-63)61(41-19-7-5-8-20-41)69-57-37-49-29-17-13-25-45(49)33-53(57)65(73-69)60(40(3)4)66-54-34-46-26-14-18-30-50(46)38-58(54)70(74-66)62(42-21-9-6-10-22-42)68-56-36-48-28-16-12-24-44(48)32-52(56)64(59)72-68;/h5-40H,1-4H3;/q-2;+2. The fourth-order valence-electron chi connectivity index (χ4n) is 12.3. The molecule has 0 fully saturated rings. The Balaban J connectivity index is 0.00000516. The number of hydrogen-bond acceptors (Lipinski definition) is 2. The summed E-state index contributed by atoms with van der Waals surface area (Å²) in [6, 6.07) is 75.4. The topological polar surface area (TPSA) is 54.0 Å². The maximum atomic E-state index is 6.05. The van der Waals surface area contributed by atoms with Crippen molar-refractivity contribution in [3.63, 3.8) is 0 Å². The van der Waals surface area contributed by atoms with Crippen LogP contribution >= 0.6 is 0 Å². The molecule has 5 heterocycles. The number of nitrogens with zero attached hydrogens (tertiary/aromatic N) is 4. The van der Waals surface area contributed by atoms with Gasteiger partial charge in [0.2, 0.25) is 0 Å². The summed E-state index contributed by atoms with van der Waals surface area (Å²) in [4.78, 5) is 24.2. The summed E-state index contributed by atoms with van der Waals surface area (Å²) in [5.74, 6) is 0.0536. The van der Waals surface area contributed by atoms with E-state index in [0.717, 1.165) is 144 Å². The zero-order chi connectivity index (χ0) is 49.3. The summed E-state index contributed by atoms with van der Waals surface area (Å²) >= 11 is 0. The predicted octanol–water partition coefficient (Wildman–Crippen LogP) is 18.7. The monoisotopic (exact) mass is 1050 g/mol. The van der Waals surface area contributed by atoms with Crippen LogP contribution in [0.4, 0.5) is 0 Å². The quantitative estimate of drug-likeness (QED) is 0.165. The van der Waals surface area contributed by atoms with E-state index in [0.29, 0.717) is 0 Å². The fourth-order valence-corrected chi connectivity index (χ4v) is 12.3. The van der Waals surface area contributed by atoms with Crippen molar-refractivity contribution in [3.8, 4) is 67.3 Å². The third-order valence-electron chi connectivity index (χ3n) is 15.7. The maximum absolute atomic E-state index is 6.05. The van der Waals surface area contributed by atoms with Gasteiger partial charge in [0, 0.05) is 22.3 Å². The van der Waals surface area contributed by atoms with E-state index in [2.05, 4.69) is 234 Å². The van der Waals surface area contributed by atoms with E-state index >= 15 is 0 Å². The van der Waals surface area contributed by atoms with Crippen LogP contribution in [0.5, 0.6) is 0 Å². The molecule has 358 valence electrons. The van der Waals surface area contributed by atoms with Gasteiger partial charge < -0.3 is 9.97 Å². The summed E-state index contributed by atoms with van der Waals surface area (Å²) in [6.07, 6.45) is 0. The SMILES string of the molecule is CC(C)c1c2nc(c(-c3ccccc3)c3[n-]c(c(C(C)C)c4nc(c(-c5ccccc5)c5[n-]c1c1cc6ccccc6cc51)-c1cc5ccccc5cc1-4)c1cc4ccccc4cc31)-c1cc3ccccc3cc1-2.[Pd+2]. The van der Waals surface area contributed by atoms with Gasteiger partial charge in [0.25, 0.3) is 0 Å². The van der Waals surface area contributed by atoms with Gasteiger partial charge in [-0.2, -0.15) is 0 Å². The first-order chi connectivity index (χ1) is 36.3. The van der Waals surface area contributed by atoms with Gasteiger partial charge in [-0.25, -0.2) is 9.97 Å².